The average Bonchev–Trinajstić information content (AvgIpc) is 2.74. The summed E-state index contributed by atoms with van der Waals surface area (Å²) in [5.74, 6) is 0.241. The van der Waals surface area contributed by atoms with Crippen molar-refractivity contribution in [2.45, 2.75) is 6.42 Å². The van der Waals surface area contributed by atoms with E-state index in [1.807, 2.05) is 30.3 Å². The summed E-state index contributed by atoms with van der Waals surface area (Å²) < 4.78 is 5.17. The maximum atomic E-state index is 12.4. The van der Waals surface area contributed by atoms with Crippen molar-refractivity contribution in [1.82, 2.24) is 4.90 Å². The van der Waals surface area contributed by atoms with Gasteiger partial charge in [-0.3, -0.25) is 9.59 Å². The van der Waals surface area contributed by atoms with Crippen LogP contribution in [0.5, 0.6) is 5.75 Å². The number of ether oxygens (including phenoxy) is 1. The number of amides is 2. The van der Waals surface area contributed by atoms with Gasteiger partial charge in [0.2, 0.25) is 11.8 Å². The first-order valence-corrected chi connectivity index (χ1v) is 9.06. The van der Waals surface area contributed by atoms with Crippen LogP contribution < -0.4 is 15.0 Å². The van der Waals surface area contributed by atoms with Crippen molar-refractivity contribution in [2.24, 2.45) is 0 Å². The highest BCUT2D eigenvalue weighted by atomic mass is 16.5. The van der Waals surface area contributed by atoms with Gasteiger partial charge < -0.3 is 19.9 Å². The minimum Gasteiger partial charge on any atom is -0.497 e. The van der Waals surface area contributed by atoms with Gasteiger partial charge in [0.1, 0.15) is 12.2 Å². The molecule has 1 saturated heterocycles. The van der Waals surface area contributed by atoms with Gasteiger partial charge in [-0.15, -0.1) is 0 Å². The van der Waals surface area contributed by atoms with E-state index in [0.29, 0.717) is 37.4 Å². The van der Waals surface area contributed by atoms with Crippen LogP contribution in [0.15, 0.2) is 48.5 Å². The summed E-state index contributed by atoms with van der Waals surface area (Å²) in [6.07, 6.45) is -0.209. The lowest BCUT2D eigenvalue weighted by Gasteiger charge is -2.36. The van der Waals surface area contributed by atoms with Crippen LogP contribution in [0.4, 0.5) is 11.4 Å². The summed E-state index contributed by atoms with van der Waals surface area (Å²) >= 11 is 0. The number of anilines is 2. The Balaban J connectivity index is 1.49. The molecular weight excluding hydrogens is 356 g/mol. The van der Waals surface area contributed by atoms with Gasteiger partial charge >= 0.3 is 0 Å². The highest BCUT2D eigenvalue weighted by molar-refractivity contribution is 6.03. The van der Waals surface area contributed by atoms with Crippen molar-refractivity contribution in [3.05, 3.63) is 54.1 Å². The highest BCUT2D eigenvalue weighted by Crippen LogP contribution is 2.20. The van der Waals surface area contributed by atoms with Crippen LogP contribution in [0.1, 0.15) is 12.0 Å². The SMILES string of the molecule is COc1ccc(N2CCN(C(=O)CC(=O)Nc3cccc(C#N)c3)CC2)cc1. The van der Waals surface area contributed by atoms with Crippen LogP contribution in [-0.2, 0) is 9.59 Å². The van der Waals surface area contributed by atoms with Crippen LogP contribution in [0, 0.1) is 11.3 Å². The number of methoxy groups -OCH3 is 1. The van der Waals surface area contributed by atoms with Gasteiger partial charge in [-0.1, -0.05) is 6.07 Å². The molecule has 0 aliphatic carbocycles. The summed E-state index contributed by atoms with van der Waals surface area (Å²) in [5, 5.41) is 11.6. The number of carbonyl (C=O) groups excluding carboxylic acids is 2. The third-order valence-corrected chi connectivity index (χ3v) is 4.66. The molecule has 2 aromatic rings. The molecule has 1 fully saturated rings. The lowest BCUT2D eigenvalue weighted by Crippen LogP contribution is -2.49. The lowest BCUT2D eigenvalue weighted by atomic mass is 10.2. The average molecular weight is 378 g/mol. The van der Waals surface area contributed by atoms with Gasteiger partial charge in [0.25, 0.3) is 0 Å². The number of piperazine rings is 1. The number of nitriles is 1. The van der Waals surface area contributed by atoms with Crippen molar-refractivity contribution in [3.8, 4) is 11.8 Å². The van der Waals surface area contributed by atoms with E-state index < -0.39 is 0 Å². The molecule has 1 N–H and O–H groups in total. The first kappa shape index (κ1) is 19.2. The highest BCUT2D eigenvalue weighted by Gasteiger charge is 2.23. The maximum absolute atomic E-state index is 12.4. The Hall–Kier alpha value is -3.53. The second-order valence-corrected chi connectivity index (χ2v) is 6.48. The molecule has 0 bridgehead atoms. The summed E-state index contributed by atoms with van der Waals surface area (Å²) in [4.78, 5) is 28.5. The molecule has 28 heavy (non-hydrogen) atoms. The fourth-order valence-electron chi connectivity index (χ4n) is 3.13. The van der Waals surface area contributed by atoms with E-state index >= 15 is 0 Å². The van der Waals surface area contributed by atoms with E-state index in [1.54, 1.807) is 36.3 Å². The van der Waals surface area contributed by atoms with Crippen molar-refractivity contribution in [3.63, 3.8) is 0 Å². The normalized spacial score (nSPS) is 13.6. The van der Waals surface area contributed by atoms with E-state index in [4.69, 9.17) is 10.00 Å². The van der Waals surface area contributed by atoms with E-state index in [-0.39, 0.29) is 18.2 Å². The monoisotopic (exact) mass is 378 g/mol. The van der Waals surface area contributed by atoms with Gasteiger partial charge in [0.15, 0.2) is 0 Å². The fraction of sp³-hybridized carbons (Fsp3) is 0.286. The third-order valence-electron chi connectivity index (χ3n) is 4.66. The Morgan fingerprint density at radius 2 is 1.82 bits per heavy atom. The zero-order chi connectivity index (χ0) is 19.9. The molecule has 7 nitrogen and oxygen atoms in total. The van der Waals surface area contributed by atoms with E-state index in [0.717, 1.165) is 11.4 Å². The minimum absolute atomic E-state index is 0.191. The van der Waals surface area contributed by atoms with Gasteiger partial charge in [0.05, 0.1) is 18.7 Å². The number of rotatable bonds is 5. The smallest absolute Gasteiger partial charge is 0.233 e. The Bertz CT molecular complexity index is 881. The predicted octanol–water partition coefficient (Wildman–Crippen LogP) is 2.24. The predicted molar refractivity (Wildman–Crippen MR) is 106 cm³/mol. The van der Waals surface area contributed by atoms with Gasteiger partial charge in [-0.05, 0) is 42.5 Å². The second-order valence-electron chi connectivity index (χ2n) is 6.48. The van der Waals surface area contributed by atoms with Crippen LogP contribution in [-0.4, -0.2) is 50.0 Å². The Morgan fingerprint density at radius 3 is 2.46 bits per heavy atom. The van der Waals surface area contributed by atoms with Gasteiger partial charge in [0, 0.05) is 37.6 Å². The van der Waals surface area contributed by atoms with E-state index in [2.05, 4.69) is 10.2 Å². The zero-order valence-electron chi connectivity index (χ0n) is 15.7. The topological polar surface area (TPSA) is 85.7 Å². The molecule has 0 unspecified atom stereocenters. The van der Waals surface area contributed by atoms with E-state index in [9.17, 15) is 9.59 Å². The fourth-order valence-corrected chi connectivity index (χ4v) is 3.13. The van der Waals surface area contributed by atoms with Crippen LogP contribution >= 0.6 is 0 Å². The van der Waals surface area contributed by atoms with Crippen LogP contribution in [0.2, 0.25) is 0 Å². The van der Waals surface area contributed by atoms with Crippen LogP contribution in [0.3, 0.4) is 0 Å². The first-order valence-electron chi connectivity index (χ1n) is 9.06. The molecule has 1 aliphatic heterocycles. The first-order chi connectivity index (χ1) is 13.6. The molecule has 2 amide bonds. The molecule has 0 saturated carbocycles. The summed E-state index contributed by atoms with van der Waals surface area (Å²) in [6, 6.07) is 16.5. The molecule has 2 aromatic carbocycles. The number of hydrogen-bond donors (Lipinski definition) is 1. The summed E-state index contributed by atoms with van der Waals surface area (Å²) in [5.41, 5.74) is 2.06. The molecule has 0 aromatic heterocycles. The largest absolute Gasteiger partial charge is 0.497 e. The molecule has 0 atom stereocenters. The number of carbonyl (C=O) groups is 2. The number of hydrogen-bond acceptors (Lipinski definition) is 5. The molecule has 0 spiro atoms. The number of nitrogens with zero attached hydrogens (tertiary/aromatic N) is 3. The van der Waals surface area contributed by atoms with Crippen molar-refractivity contribution in [1.29, 1.82) is 5.26 Å². The molecule has 1 aliphatic rings. The second kappa shape index (κ2) is 8.91. The Morgan fingerprint density at radius 1 is 1.11 bits per heavy atom. The summed E-state index contributed by atoms with van der Waals surface area (Å²) in [6.45, 7) is 2.57. The standard InChI is InChI=1S/C21H22N4O3/c1-28-19-7-5-18(6-8-19)24-9-11-25(12-10-24)21(27)14-20(26)23-17-4-2-3-16(13-17)15-22/h2-8,13H,9-12,14H2,1H3,(H,23,26). The quantitative estimate of drug-likeness (QED) is 0.807. The minimum atomic E-state index is -0.377. The number of benzene rings is 2. The molecule has 3 rings (SSSR count). The molecule has 144 valence electrons. The molecule has 0 radical (unpaired) electrons. The van der Waals surface area contributed by atoms with Crippen LogP contribution in [0.25, 0.3) is 0 Å². The summed E-state index contributed by atoms with van der Waals surface area (Å²) in [7, 11) is 1.63. The molecular formula is C21H22N4O3. The van der Waals surface area contributed by atoms with Gasteiger partial charge in [-0.25, -0.2) is 0 Å². The van der Waals surface area contributed by atoms with E-state index in [1.165, 1.54) is 0 Å². The van der Waals surface area contributed by atoms with Crippen molar-refractivity contribution < 1.29 is 14.3 Å². The van der Waals surface area contributed by atoms with Crippen molar-refractivity contribution >= 4 is 23.2 Å². The number of nitrogens with one attached hydrogen (secondary N) is 1. The lowest BCUT2D eigenvalue weighted by molar-refractivity contribution is -0.134. The van der Waals surface area contributed by atoms with Crippen molar-refractivity contribution in [2.75, 3.05) is 43.5 Å². The molecule has 7 heteroatoms. The molecule has 1 heterocycles. The zero-order valence-corrected chi connectivity index (χ0v) is 15.7. The van der Waals surface area contributed by atoms with Gasteiger partial charge in [-0.2, -0.15) is 5.26 Å². The Labute approximate surface area is 164 Å². The maximum Gasteiger partial charge on any atom is 0.233 e. The Kier molecular flexibility index (Phi) is 6.12. The third kappa shape index (κ3) is 4.80.